The molecule has 0 aliphatic heterocycles. The molecule has 0 aromatic carbocycles. The van der Waals surface area contributed by atoms with Gasteiger partial charge in [-0.3, -0.25) is 4.68 Å². The smallest absolute Gasteiger partial charge is 0.341 e. The predicted molar refractivity (Wildman–Crippen MR) is 80.8 cm³/mol. The number of unbranched alkanes of at least 4 members (excludes halogenated alkanes) is 7. The van der Waals surface area contributed by atoms with Crippen molar-refractivity contribution in [1.29, 1.82) is 0 Å². The summed E-state index contributed by atoms with van der Waals surface area (Å²) in [5.74, 6) is -0.283. The Kier molecular flexibility index (Phi) is 8.76. The molecule has 0 saturated heterocycles. The van der Waals surface area contributed by atoms with E-state index in [1.807, 2.05) is 11.6 Å². The molecule has 0 saturated carbocycles. The van der Waals surface area contributed by atoms with Gasteiger partial charge in [-0.1, -0.05) is 51.9 Å². The quantitative estimate of drug-likeness (QED) is 0.451. The van der Waals surface area contributed by atoms with Crippen LogP contribution in [0, 0.1) is 0 Å². The van der Waals surface area contributed by atoms with Gasteiger partial charge in [0.1, 0.15) is 0 Å². The monoisotopic (exact) mass is 280 g/mol. The molecule has 0 spiro atoms. The zero-order chi connectivity index (χ0) is 14.6. The summed E-state index contributed by atoms with van der Waals surface area (Å²) < 4.78 is 6.78. The SMILES string of the molecule is CCCCCCCCCCn1cc(C(=O)OCC)cn1. The van der Waals surface area contributed by atoms with E-state index < -0.39 is 0 Å². The summed E-state index contributed by atoms with van der Waals surface area (Å²) in [6, 6.07) is 0. The van der Waals surface area contributed by atoms with Gasteiger partial charge in [-0.15, -0.1) is 0 Å². The molecule has 114 valence electrons. The molecule has 0 fully saturated rings. The number of hydrogen-bond donors (Lipinski definition) is 0. The van der Waals surface area contributed by atoms with Crippen LogP contribution in [0.15, 0.2) is 12.4 Å². The van der Waals surface area contributed by atoms with Crippen molar-refractivity contribution in [3.05, 3.63) is 18.0 Å². The first kappa shape index (κ1) is 16.7. The maximum absolute atomic E-state index is 11.5. The van der Waals surface area contributed by atoms with Gasteiger partial charge in [-0.25, -0.2) is 4.79 Å². The van der Waals surface area contributed by atoms with E-state index in [4.69, 9.17) is 4.74 Å². The molecule has 0 N–H and O–H groups in total. The lowest BCUT2D eigenvalue weighted by Crippen LogP contribution is -2.03. The van der Waals surface area contributed by atoms with Gasteiger partial charge < -0.3 is 4.74 Å². The fourth-order valence-corrected chi connectivity index (χ4v) is 2.21. The standard InChI is InChI=1S/C16H28N2O2/c1-3-5-6-7-8-9-10-11-12-18-14-15(13-17-18)16(19)20-4-2/h13-14H,3-12H2,1-2H3. The first-order valence-electron chi connectivity index (χ1n) is 7.97. The van der Waals surface area contributed by atoms with Crippen molar-refractivity contribution < 1.29 is 9.53 Å². The molecule has 1 aromatic heterocycles. The van der Waals surface area contributed by atoms with Gasteiger partial charge in [-0.05, 0) is 13.3 Å². The Bertz CT molecular complexity index is 374. The molecular formula is C16H28N2O2. The van der Waals surface area contributed by atoms with Crippen LogP contribution in [0.5, 0.6) is 0 Å². The molecule has 0 radical (unpaired) electrons. The lowest BCUT2D eigenvalue weighted by molar-refractivity contribution is 0.0526. The minimum Gasteiger partial charge on any atom is -0.462 e. The van der Waals surface area contributed by atoms with E-state index in [2.05, 4.69) is 12.0 Å². The van der Waals surface area contributed by atoms with Gasteiger partial charge in [-0.2, -0.15) is 5.10 Å². The Morgan fingerprint density at radius 1 is 1.10 bits per heavy atom. The molecule has 0 bridgehead atoms. The van der Waals surface area contributed by atoms with Crippen LogP contribution in [-0.2, 0) is 11.3 Å². The number of aromatic nitrogens is 2. The van der Waals surface area contributed by atoms with Gasteiger partial charge in [0.2, 0.25) is 0 Å². The second-order valence-electron chi connectivity index (χ2n) is 5.19. The van der Waals surface area contributed by atoms with Gasteiger partial charge in [0, 0.05) is 12.7 Å². The van der Waals surface area contributed by atoms with Gasteiger partial charge in [0.15, 0.2) is 0 Å². The molecule has 1 rings (SSSR count). The minimum absolute atomic E-state index is 0.283. The van der Waals surface area contributed by atoms with Crippen molar-refractivity contribution in [2.75, 3.05) is 6.61 Å². The summed E-state index contributed by atoms with van der Waals surface area (Å²) in [6.07, 6.45) is 13.8. The van der Waals surface area contributed by atoms with Gasteiger partial charge >= 0.3 is 5.97 Å². The fourth-order valence-electron chi connectivity index (χ4n) is 2.21. The van der Waals surface area contributed by atoms with Crippen molar-refractivity contribution in [1.82, 2.24) is 9.78 Å². The second-order valence-corrected chi connectivity index (χ2v) is 5.19. The molecule has 1 heterocycles. The van der Waals surface area contributed by atoms with E-state index in [1.165, 1.54) is 44.9 Å². The number of ether oxygens (including phenoxy) is 1. The minimum atomic E-state index is -0.283. The normalized spacial score (nSPS) is 10.7. The van der Waals surface area contributed by atoms with Crippen molar-refractivity contribution in [2.45, 2.75) is 71.8 Å². The zero-order valence-electron chi connectivity index (χ0n) is 12.9. The lowest BCUT2D eigenvalue weighted by Gasteiger charge is -2.02. The molecule has 0 unspecified atom stereocenters. The topological polar surface area (TPSA) is 44.1 Å². The van der Waals surface area contributed by atoms with E-state index in [1.54, 1.807) is 12.4 Å². The maximum Gasteiger partial charge on any atom is 0.341 e. The third kappa shape index (κ3) is 6.73. The summed E-state index contributed by atoms with van der Waals surface area (Å²) in [4.78, 5) is 11.5. The number of hydrogen-bond acceptors (Lipinski definition) is 3. The number of nitrogens with zero attached hydrogens (tertiary/aromatic N) is 2. The highest BCUT2D eigenvalue weighted by Crippen LogP contribution is 2.09. The van der Waals surface area contributed by atoms with Crippen LogP contribution in [0.2, 0.25) is 0 Å². The summed E-state index contributed by atoms with van der Waals surface area (Å²) in [5, 5.41) is 4.19. The predicted octanol–water partition coefficient (Wildman–Crippen LogP) is 4.20. The lowest BCUT2D eigenvalue weighted by atomic mass is 10.1. The summed E-state index contributed by atoms with van der Waals surface area (Å²) >= 11 is 0. The van der Waals surface area contributed by atoms with Crippen LogP contribution in [0.1, 0.15) is 75.6 Å². The Labute approximate surface area is 122 Å². The van der Waals surface area contributed by atoms with Crippen LogP contribution >= 0.6 is 0 Å². The maximum atomic E-state index is 11.5. The third-order valence-corrected chi connectivity index (χ3v) is 3.39. The molecule has 4 heteroatoms. The fraction of sp³-hybridized carbons (Fsp3) is 0.750. The number of esters is 1. The van der Waals surface area contributed by atoms with Crippen molar-refractivity contribution in [2.24, 2.45) is 0 Å². The van der Waals surface area contributed by atoms with Crippen LogP contribution in [0.3, 0.4) is 0 Å². The van der Waals surface area contributed by atoms with Crippen LogP contribution in [0.4, 0.5) is 0 Å². The van der Waals surface area contributed by atoms with Gasteiger partial charge in [0.25, 0.3) is 0 Å². The first-order chi connectivity index (χ1) is 9.77. The first-order valence-corrected chi connectivity index (χ1v) is 7.97. The van der Waals surface area contributed by atoms with E-state index in [0.717, 1.165) is 13.0 Å². The summed E-state index contributed by atoms with van der Waals surface area (Å²) in [7, 11) is 0. The average Bonchev–Trinajstić information content (AvgIpc) is 2.91. The Morgan fingerprint density at radius 2 is 1.75 bits per heavy atom. The molecule has 20 heavy (non-hydrogen) atoms. The summed E-state index contributed by atoms with van der Waals surface area (Å²) in [6.45, 7) is 5.34. The number of carbonyl (C=O) groups excluding carboxylic acids is 1. The van der Waals surface area contributed by atoms with Crippen LogP contribution < -0.4 is 0 Å². The zero-order valence-corrected chi connectivity index (χ0v) is 12.9. The van der Waals surface area contributed by atoms with E-state index in [0.29, 0.717) is 12.2 Å². The molecule has 0 atom stereocenters. The number of aryl methyl sites for hydroxylation is 1. The molecule has 0 amide bonds. The second kappa shape index (κ2) is 10.5. The van der Waals surface area contributed by atoms with E-state index >= 15 is 0 Å². The van der Waals surface area contributed by atoms with Crippen LogP contribution in [-0.4, -0.2) is 22.4 Å². The summed E-state index contributed by atoms with van der Waals surface area (Å²) in [5.41, 5.74) is 0.548. The Hall–Kier alpha value is -1.32. The largest absolute Gasteiger partial charge is 0.462 e. The molecular weight excluding hydrogens is 252 g/mol. The van der Waals surface area contributed by atoms with E-state index in [-0.39, 0.29) is 5.97 Å². The highest BCUT2D eigenvalue weighted by atomic mass is 16.5. The Morgan fingerprint density at radius 3 is 2.40 bits per heavy atom. The third-order valence-electron chi connectivity index (χ3n) is 3.39. The molecule has 4 nitrogen and oxygen atoms in total. The van der Waals surface area contributed by atoms with Crippen LogP contribution in [0.25, 0.3) is 0 Å². The molecule has 0 aliphatic rings. The highest BCUT2D eigenvalue weighted by Gasteiger charge is 2.08. The highest BCUT2D eigenvalue weighted by molar-refractivity contribution is 5.88. The Balaban J connectivity index is 2.09. The van der Waals surface area contributed by atoms with Gasteiger partial charge in [0.05, 0.1) is 18.4 Å². The number of rotatable bonds is 11. The van der Waals surface area contributed by atoms with Crippen molar-refractivity contribution >= 4 is 5.97 Å². The molecule has 0 aliphatic carbocycles. The van der Waals surface area contributed by atoms with E-state index in [9.17, 15) is 4.79 Å². The molecule has 1 aromatic rings. The number of carbonyl (C=O) groups is 1. The average molecular weight is 280 g/mol. The van der Waals surface area contributed by atoms with Crippen molar-refractivity contribution in [3.63, 3.8) is 0 Å². The van der Waals surface area contributed by atoms with Crippen molar-refractivity contribution in [3.8, 4) is 0 Å².